The molecular weight excluding hydrogens is 316 g/mol. The lowest BCUT2D eigenvalue weighted by molar-refractivity contribution is 0.0659. The zero-order valence-corrected chi connectivity index (χ0v) is 13.1. The van der Waals surface area contributed by atoms with Gasteiger partial charge in [-0.15, -0.1) is 0 Å². The topological polar surface area (TPSA) is 20.3 Å². The number of carbonyl (C=O) groups excluding carboxylic acids is 1. The predicted octanol–water partition coefficient (Wildman–Crippen LogP) is 4.03. The number of benzene rings is 1. The summed E-state index contributed by atoms with van der Waals surface area (Å²) in [7, 11) is 0. The molecule has 1 aromatic rings. The van der Waals surface area contributed by atoms with Crippen LogP contribution in [0.1, 0.15) is 38.1 Å². The summed E-state index contributed by atoms with van der Waals surface area (Å²) in [6.07, 6.45) is 0. The average Bonchev–Trinajstić information content (AvgIpc) is 2.35. The van der Waals surface area contributed by atoms with Crippen molar-refractivity contribution in [3.05, 3.63) is 33.8 Å². The summed E-state index contributed by atoms with van der Waals surface area (Å²) in [5, 5.41) is 0. The van der Waals surface area contributed by atoms with Gasteiger partial charge in [-0.25, -0.2) is 8.78 Å². The summed E-state index contributed by atoms with van der Waals surface area (Å²) >= 11 is 2.98. The summed E-state index contributed by atoms with van der Waals surface area (Å²) in [5.74, 6) is -2.22. The number of Topliss-reactive ketones (excluding diaryl/α,β-unsaturated/α-hetero) is 1. The van der Waals surface area contributed by atoms with Crippen molar-refractivity contribution in [2.45, 2.75) is 33.2 Å². The Morgan fingerprint density at radius 2 is 1.79 bits per heavy atom. The number of hydrogen-bond donors (Lipinski definition) is 0. The highest BCUT2D eigenvalue weighted by Crippen LogP contribution is 2.27. The lowest BCUT2D eigenvalue weighted by Crippen LogP contribution is -2.50. The van der Waals surface area contributed by atoms with Crippen LogP contribution >= 0.6 is 15.9 Å². The Labute approximate surface area is 120 Å². The molecule has 0 atom stereocenters. The molecule has 0 unspecified atom stereocenters. The first-order valence-electron chi connectivity index (χ1n) is 6.20. The van der Waals surface area contributed by atoms with Gasteiger partial charge in [-0.2, -0.15) is 0 Å². The van der Waals surface area contributed by atoms with E-state index < -0.39 is 28.5 Å². The Morgan fingerprint density at radius 1 is 1.26 bits per heavy atom. The van der Waals surface area contributed by atoms with Gasteiger partial charge in [0.15, 0.2) is 11.6 Å². The van der Waals surface area contributed by atoms with Crippen LogP contribution in [0.2, 0.25) is 0 Å². The molecule has 0 fully saturated rings. The Balaban J connectivity index is 3.31. The summed E-state index contributed by atoms with van der Waals surface area (Å²) < 4.78 is 27.9. The fourth-order valence-electron chi connectivity index (χ4n) is 2.20. The van der Waals surface area contributed by atoms with E-state index in [2.05, 4.69) is 15.9 Å². The van der Waals surface area contributed by atoms with Crippen LogP contribution in [0.25, 0.3) is 0 Å². The van der Waals surface area contributed by atoms with Gasteiger partial charge < -0.3 is 0 Å². The van der Waals surface area contributed by atoms with Gasteiger partial charge in [-0.1, -0.05) is 13.8 Å². The van der Waals surface area contributed by atoms with Crippen molar-refractivity contribution in [2.24, 2.45) is 0 Å². The van der Waals surface area contributed by atoms with Crippen molar-refractivity contribution in [1.82, 2.24) is 4.90 Å². The van der Waals surface area contributed by atoms with Gasteiger partial charge >= 0.3 is 0 Å². The van der Waals surface area contributed by atoms with E-state index >= 15 is 0 Å². The first kappa shape index (κ1) is 16.2. The lowest BCUT2D eigenvalue weighted by atomic mass is 9.90. The number of carbonyl (C=O) groups is 1. The summed E-state index contributed by atoms with van der Waals surface area (Å²) in [5.41, 5.74) is -1.43. The van der Waals surface area contributed by atoms with Crippen LogP contribution in [0.15, 0.2) is 16.6 Å². The average molecular weight is 334 g/mol. The van der Waals surface area contributed by atoms with E-state index in [1.54, 1.807) is 13.8 Å². The molecule has 0 aliphatic rings. The molecule has 0 N–H and O–H groups in total. The van der Waals surface area contributed by atoms with E-state index in [1.807, 2.05) is 18.7 Å². The Bertz CT molecular complexity index is 485. The van der Waals surface area contributed by atoms with Crippen LogP contribution in [-0.2, 0) is 0 Å². The van der Waals surface area contributed by atoms with E-state index in [0.717, 1.165) is 6.07 Å². The largest absolute Gasteiger partial charge is 0.292 e. The second-order valence-electron chi connectivity index (χ2n) is 4.78. The predicted molar refractivity (Wildman–Crippen MR) is 75.4 cm³/mol. The van der Waals surface area contributed by atoms with Gasteiger partial charge in [-0.3, -0.25) is 9.69 Å². The van der Waals surface area contributed by atoms with E-state index in [0.29, 0.717) is 13.1 Å². The first-order chi connectivity index (χ1) is 8.77. The third-order valence-corrected chi connectivity index (χ3v) is 3.99. The van der Waals surface area contributed by atoms with E-state index in [9.17, 15) is 13.6 Å². The van der Waals surface area contributed by atoms with Crippen LogP contribution in [0.3, 0.4) is 0 Å². The molecule has 0 radical (unpaired) electrons. The number of halogens is 3. The molecular formula is C14H18BrF2NO. The number of nitrogens with zero attached hydrogens (tertiary/aromatic N) is 1. The normalized spacial score (nSPS) is 12.0. The molecule has 2 nitrogen and oxygen atoms in total. The number of likely N-dealkylation sites (N-methyl/N-ethyl adjacent to an activating group) is 1. The minimum atomic E-state index is -0.952. The van der Waals surface area contributed by atoms with Crippen LogP contribution < -0.4 is 0 Å². The molecule has 106 valence electrons. The highest BCUT2D eigenvalue weighted by atomic mass is 79.9. The zero-order valence-electron chi connectivity index (χ0n) is 11.6. The summed E-state index contributed by atoms with van der Waals surface area (Å²) in [6, 6.07) is 2.35. The molecule has 5 heteroatoms. The standard InChI is InChI=1S/C14H18BrF2NO/c1-5-18(6-2)14(3,4)13(19)11-10(16)8-7-9(15)12(11)17/h7-8H,5-6H2,1-4H3. The maximum absolute atomic E-state index is 14.0. The molecule has 1 rings (SSSR count). The van der Waals surface area contributed by atoms with E-state index in [-0.39, 0.29) is 4.47 Å². The van der Waals surface area contributed by atoms with Crippen molar-refractivity contribution >= 4 is 21.7 Å². The van der Waals surface area contributed by atoms with Gasteiger partial charge in [-0.05, 0) is 55.0 Å². The monoisotopic (exact) mass is 333 g/mol. The van der Waals surface area contributed by atoms with Crippen LogP contribution in [0.4, 0.5) is 8.78 Å². The first-order valence-corrected chi connectivity index (χ1v) is 7.00. The molecule has 0 aliphatic heterocycles. The molecule has 0 bridgehead atoms. The Hall–Kier alpha value is -0.810. The summed E-state index contributed by atoms with van der Waals surface area (Å²) in [4.78, 5) is 14.3. The minimum Gasteiger partial charge on any atom is -0.292 e. The molecule has 19 heavy (non-hydrogen) atoms. The van der Waals surface area contributed by atoms with Crippen LogP contribution in [0.5, 0.6) is 0 Å². The smallest absolute Gasteiger partial charge is 0.188 e. The number of ketones is 1. The number of rotatable bonds is 5. The van der Waals surface area contributed by atoms with E-state index in [4.69, 9.17) is 0 Å². The lowest BCUT2D eigenvalue weighted by Gasteiger charge is -2.35. The number of hydrogen-bond acceptors (Lipinski definition) is 2. The second-order valence-corrected chi connectivity index (χ2v) is 5.63. The molecule has 0 aliphatic carbocycles. The summed E-state index contributed by atoms with van der Waals surface area (Å²) in [6.45, 7) is 8.45. The van der Waals surface area contributed by atoms with Crippen molar-refractivity contribution in [1.29, 1.82) is 0 Å². The third-order valence-electron chi connectivity index (χ3n) is 3.38. The van der Waals surface area contributed by atoms with Crippen molar-refractivity contribution in [2.75, 3.05) is 13.1 Å². The van der Waals surface area contributed by atoms with Crippen molar-refractivity contribution in [3.8, 4) is 0 Å². The quantitative estimate of drug-likeness (QED) is 0.599. The molecule has 0 aromatic heterocycles. The molecule has 0 saturated heterocycles. The zero-order chi connectivity index (χ0) is 14.8. The minimum absolute atomic E-state index is 0.0904. The Kier molecular flexibility index (Phi) is 5.21. The van der Waals surface area contributed by atoms with Crippen molar-refractivity contribution in [3.63, 3.8) is 0 Å². The molecule has 0 heterocycles. The Morgan fingerprint density at radius 3 is 2.26 bits per heavy atom. The maximum atomic E-state index is 14.0. The van der Waals surface area contributed by atoms with Gasteiger partial charge in [0.1, 0.15) is 5.82 Å². The van der Waals surface area contributed by atoms with E-state index in [1.165, 1.54) is 6.07 Å². The molecule has 0 amide bonds. The third kappa shape index (κ3) is 3.03. The van der Waals surface area contributed by atoms with Gasteiger partial charge in [0.25, 0.3) is 0 Å². The van der Waals surface area contributed by atoms with Crippen molar-refractivity contribution < 1.29 is 13.6 Å². The molecule has 0 spiro atoms. The van der Waals surface area contributed by atoms with Gasteiger partial charge in [0, 0.05) is 0 Å². The molecule has 0 saturated carbocycles. The van der Waals surface area contributed by atoms with Gasteiger partial charge in [0.2, 0.25) is 0 Å². The van der Waals surface area contributed by atoms with Crippen LogP contribution in [-0.4, -0.2) is 29.3 Å². The fourth-order valence-corrected chi connectivity index (χ4v) is 2.53. The SMILES string of the molecule is CCN(CC)C(C)(C)C(=O)c1c(F)ccc(Br)c1F. The molecule has 1 aromatic carbocycles. The fraction of sp³-hybridized carbons (Fsp3) is 0.500. The maximum Gasteiger partial charge on any atom is 0.188 e. The highest BCUT2D eigenvalue weighted by Gasteiger charge is 2.37. The second kappa shape index (κ2) is 6.09. The van der Waals surface area contributed by atoms with Gasteiger partial charge in [0.05, 0.1) is 15.6 Å². The van der Waals surface area contributed by atoms with Crippen LogP contribution in [0, 0.1) is 11.6 Å². The highest BCUT2D eigenvalue weighted by molar-refractivity contribution is 9.10.